The van der Waals surface area contributed by atoms with Crippen molar-refractivity contribution in [2.45, 2.75) is 11.9 Å². The zero-order valence-electron chi connectivity index (χ0n) is 13.3. The Kier molecular flexibility index (Phi) is 4.79. The first-order valence-corrected chi connectivity index (χ1v) is 9.96. The summed E-state index contributed by atoms with van der Waals surface area (Å²) in [6, 6.07) is 25.7. The van der Waals surface area contributed by atoms with Gasteiger partial charge in [0.1, 0.15) is 0 Å². The number of hydrogen-bond donors (Lipinski definition) is 1. The lowest BCUT2D eigenvalue weighted by atomic mass is 10.3. The van der Waals surface area contributed by atoms with Gasteiger partial charge in [-0.2, -0.15) is 13.2 Å². The second-order valence-corrected chi connectivity index (χ2v) is 9.75. The zero-order chi connectivity index (χ0) is 17.9. The SMILES string of the molecule is OC(C(F)(F)F)[Si](c1ccccc1)(c1ccccc1)c1ccccc1. The molecule has 0 amide bonds. The van der Waals surface area contributed by atoms with Gasteiger partial charge in [-0.15, -0.1) is 0 Å². The summed E-state index contributed by atoms with van der Waals surface area (Å²) in [7, 11) is -3.73. The van der Waals surface area contributed by atoms with Gasteiger partial charge in [-0.05, 0) is 15.6 Å². The molecule has 1 atom stereocenters. The van der Waals surface area contributed by atoms with E-state index in [1.807, 2.05) is 0 Å². The summed E-state index contributed by atoms with van der Waals surface area (Å²) >= 11 is 0. The molecular formula is C20H17F3OSi. The molecule has 0 aliphatic heterocycles. The van der Waals surface area contributed by atoms with Gasteiger partial charge in [0, 0.05) is 0 Å². The molecule has 128 valence electrons. The van der Waals surface area contributed by atoms with Gasteiger partial charge in [-0.25, -0.2) is 0 Å². The van der Waals surface area contributed by atoms with Crippen LogP contribution in [0.5, 0.6) is 0 Å². The third kappa shape index (κ3) is 3.13. The summed E-state index contributed by atoms with van der Waals surface area (Å²) in [5, 5.41) is 12.2. The van der Waals surface area contributed by atoms with Crippen LogP contribution in [0, 0.1) is 0 Å². The molecule has 25 heavy (non-hydrogen) atoms. The van der Waals surface area contributed by atoms with Crippen LogP contribution < -0.4 is 15.6 Å². The highest BCUT2D eigenvalue weighted by Crippen LogP contribution is 2.27. The fourth-order valence-electron chi connectivity index (χ4n) is 3.32. The van der Waals surface area contributed by atoms with Crippen LogP contribution in [0.2, 0.25) is 0 Å². The maximum Gasteiger partial charge on any atom is 0.412 e. The van der Waals surface area contributed by atoms with Crippen LogP contribution in [0.1, 0.15) is 0 Å². The van der Waals surface area contributed by atoms with Crippen LogP contribution in [0.15, 0.2) is 91.0 Å². The molecule has 3 rings (SSSR count). The Bertz CT molecular complexity index is 708. The minimum Gasteiger partial charge on any atom is -0.386 e. The maximum atomic E-state index is 13.8. The minimum absolute atomic E-state index is 0.525. The first-order chi connectivity index (χ1) is 12.0. The molecule has 3 aromatic carbocycles. The predicted molar refractivity (Wildman–Crippen MR) is 96.0 cm³/mol. The molecule has 0 spiro atoms. The van der Waals surface area contributed by atoms with Crippen molar-refractivity contribution in [3.05, 3.63) is 91.0 Å². The topological polar surface area (TPSA) is 20.2 Å². The van der Waals surface area contributed by atoms with Crippen molar-refractivity contribution in [1.82, 2.24) is 0 Å². The Hall–Kier alpha value is -2.37. The van der Waals surface area contributed by atoms with E-state index in [9.17, 15) is 18.3 Å². The molecule has 3 aromatic rings. The van der Waals surface area contributed by atoms with E-state index in [0.717, 1.165) is 0 Å². The van der Waals surface area contributed by atoms with E-state index in [0.29, 0.717) is 15.6 Å². The van der Waals surface area contributed by atoms with Gasteiger partial charge in [0.15, 0.2) is 13.8 Å². The highest BCUT2D eigenvalue weighted by molar-refractivity contribution is 7.12. The van der Waals surface area contributed by atoms with Crippen molar-refractivity contribution in [3.8, 4) is 0 Å². The number of aliphatic hydroxyl groups excluding tert-OH is 1. The van der Waals surface area contributed by atoms with E-state index >= 15 is 0 Å². The Morgan fingerprint density at radius 1 is 0.600 bits per heavy atom. The van der Waals surface area contributed by atoms with Gasteiger partial charge in [0.05, 0.1) is 0 Å². The van der Waals surface area contributed by atoms with Crippen molar-refractivity contribution in [2.24, 2.45) is 0 Å². The van der Waals surface area contributed by atoms with Crippen LogP contribution in [-0.2, 0) is 0 Å². The van der Waals surface area contributed by atoms with E-state index in [1.54, 1.807) is 91.0 Å². The predicted octanol–water partition coefficient (Wildman–Crippen LogP) is 2.62. The molecule has 5 heteroatoms. The summed E-state index contributed by atoms with van der Waals surface area (Å²) < 4.78 is 41.4. The average Bonchev–Trinajstić information content (AvgIpc) is 2.64. The molecule has 0 aromatic heterocycles. The lowest BCUT2D eigenvalue weighted by Crippen LogP contribution is -2.77. The number of halogens is 3. The van der Waals surface area contributed by atoms with E-state index in [1.165, 1.54) is 0 Å². The molecule has 0 saturated carbocycles. The van der Waals surface area contributed by atoms with E-state index < -0.39 is 20.0 Å². The van der Waals surface area contributed by atoms with Crippen LogP contribution in [-0.4, -0.2) is 25.1 Å². The second-order valence-electron chi connectivity index (χ2n) is 5.85. The van der Waals surface area contributed by atoms with E-state index in [2.05, 4.69) is 0 Å². The van der Waals surface area contributed by atoms with Crippen LogP contribution in [0.3, 0.4) is 0 Å². The molecule has 0 fully saturated rings. The third-order valence-electron chi connectivity index (χ3n) is 4.41. The van der Waals surface area contributed by atoms with Crippen LogP contribution in [0.4, 0.5) is 13.2 Å². The van der Waals surface area contributed by atoms with Crippen molar-refractivity contribution in [3.63, 3.8) is 0 Å². The zero-order valence-corrected chi connectivity index (χ0v) is 14.3. The smallest absolute Gasteiger partial charge is 0.386 e. The highest BCUT2D eigenvalue weighted by atomic mass is 28.3. The summed E-state index contributed by atoms with van der Waals surface area (Å²) in [4.78, 5) is 0. The van der Waals surface area contributed by atoms with Crippen molar-refractivity contribution in [1.29, 1.82) is 0 Å². The number of benzene rings is 3. The number of hydrogen-bond acceptors (Lipinski definition) is 1. The first-order valence-electron chi connectivity index (χ1n) is 7.88. The van der Waals surface area contributed by atoms with Gasteiger partial charge in [-0.1, -0.05) is 91.0 Å². The monoisotopic (exact) mass is 358 g/mol. The minimum atomic E-state index is -4.73. The highest BCUT2D eigenvalue weighted by Gasteiger charge is 2.57. The van der Waals surface area contributed by atoms with Crippen molar-refractivity contribution < 1.29 is 18.3 Å². The van der Waals surface area contributed by atoms with Crippen molar-refractivity contribution in [2.75, 3.05) is 0 Å². The average molecular weight is 358 g/mol. The molecule has 1 nitrogen and oxygen atoms in total. The summed E-state index contributed by atoms with van der Waals surface area (Å²) in [5.74, 6) is 0. The molecule has 0 aliphatic rings. The van der Waals surface area contributed by atoms with Gasteiger partial charge < -0.3 is 5.11 Å². The fourth-order valence-corrected chi connectivity index (χ4v) is 7.92. The summed E-state index contributed by atoms with van der Waals surface area (Å²) in [6.45, 7) is 0. The van der Waals surface area contributed by atoms with E-state index in [-0.39, 0.29) is 0 Å². The van der Waals surface area contributed by atoms with Gasteiger partial charge in [-0.3, -0.25) is 0 Å². The largest absolute Gasteiger partial charge is 0.412 e. The maximum absolute atomic E-state index is 13.8. The molecule has 1 unspecified atom stereocenters. The normalized spacial score (nSPS) is 13.4. The summed E-state index contributed by atoms with van der Waals surface area (Å²) in [6.07, 6.45) is -4.73. The molecule has 0 bridgehead atoms. The standard InChI is InChI=1S/C20H17F3OSi/c21-20(22,23)19(24)25(16-10-4-1-5-11-16,17-12-6-2-7-13-17)18-14-8-3-9-15-18/h1-15,19,24H. The molecular weight excluding hydrogens is 341 g/mol. The molecule has 0 heterocycles. The lowest BCUT2D eigenvalue weighted by Gasteiger charge is -2.38. The fraction of sp³-hybridized carbons (Fsp3) is 0.100. The van der Waals surface area contributed by atoms with E-state index in [4.69, 9.17) is 0 Å². The number of alkyl halides is 3. The van der Waals surface area contributed by atoms with Gasteiger partial charge >= 0.3 is 6.18 Å². The Morgan fingerprint density at radius 3 is 1.12 bits per heavy atom. The van der Waals surface area contributed by atoms with Crippen LogP contribution in [0.25, 0.3) is 0 Å². The Labute approximate surface area is 145 Å². The van der Waals surface area contributed by atoms with Crippen LogP contribution >= 0.6 is 0 Å². The van der Waals surface area contributed by atoms with Gasteiger partial charge in [0.2, 0.25) is 0 Å². The lowest BCUT2D eigenvalue weighted by molar-refractivity contribution is -0.178. The summed E-state index contributed by atoms with van der Waals surface area (Å²) in [5.41, 5.74) is -2.45. The number of aliphatic hydroxyl groups is 1. The third-order valence-corrected chi connectivity index (χ3v) is 9.29. The molecule has 1 N–H and O–H groups in total. The van der Waals surface area contributed by atoms with Crippen molar-refractivity contribution >= 4 is 23.6 Å². The Morgan fingerprint density at radius 2 is 0.880 bits per heavy atom. The molecule has 0 saturated heterocycles. The quantitative estimate of drug-likeness (QED) is 0.562. The second kappa shape index (κ2) is 6.86. The Balaban J connectivity index is 2.40. The molecule has 0 radical (unpaired) electrons. The molecule has 0 aliphatic carbocycles. The first kappa shape index (κ1) is 17.4. The number of rotatable bonds is 4. The van der Waals surface area contributed by atoms with Gasteiger partial charge in [0.25, 0.3) is 0 Å².